The third kappa shape index (κ3) is 3.32. The van der Waals surface area contributed by atoms with Gasteiger partial charge in [-0.3, -0.25) is 4.79 Å². The molecule has 0 bridgehead atoms. The Bertz CT molecular complexity index is 657. The van der Waals surface area contributed by atoms with Crippen molar-refractivity contribution >= 4 is 23.6 Å². The first-order valence-electron chi connectivity index (χ1n) is 5.85. The van der Waals surface area contributed by atoms with Crippen LogP contribution < -0.4 is 5.32 Å². The second-order valence-electron chi connectivity index (χ2n) is 4.14. The van der Waals surface area contributed by atoms with E-state index in [9.17, 15) is 9.59 Å². The molecule has 1 amide bonds. The Balaban J connectivity index is 2.06. The first-order valence-corrected chi connectivity index (χ1v) is 5.85. The van der Waals surface area contributed by atoms with E-state index < -0.39 is 5.97 Å². The second-order valence-corrected chi connectivity index (χ2v) is 4.14. The number of carboxylic acid groups (broad SMARTS) is 1. The third-order valence-corrected chi connectivity index (χ3v) is 2.64. The van der Waals surface area contributed by atoms with Crippen LogP contribution in [0.15, 0.2) is 42.9 Å². The van der Waals surface area contributed by atoms with Crippen molar-refractivity contribution in [3.8, 4) is 0 Å². The molecule has 6 heteroatoms. The highest BCUT2D eigenvalue weighted by atomic mass is 16.4. The van der Waals surface area contributed by atoms with Crippen LogP contribution in [0.5, 0.6) is 0 Å². The van der Waals surface area contributed by atoms with E-state index >= 15 is 0 Å². The van der Waals surface area contributed by atoms with E-state index in [0.717, 1.165) is 11.6 Å². The van der Waals surface area contributed by atoms with Gasteiger partial charge in [0.15, 0.2) is 0 Å². The molecular formula is C14H13N3O3. The number of carbonyl (C=O) groups is 2. The lowest BCUT2D eigenvalue weighted by Gasteiger charge is -2.05. The predicted molar refractivity (Wildman–Crippen MR) is 74.3 cm³/mol. The first-order chi connectivity index (χ1) is 9.56. The van der Waals surface area contributed by atoms with Gasteiger partial charge in [0.2, 0.25) is 0 Å². The minimum atomic E-state index is -1.00. The average Bonchev–Trinajstić information content (AvgIpc) is 2.84. The summed E-state index contributed by atoms with van der Waals surface area (Å²) in [6.45, 7) is 0. The number of benzene rings is 1. The maximum absolute atomic E-state index is 11.9. The van der Waals surface area contributed by atoms with Gasteiger partial charge in [-0.05, 0) is 23.8 Å². The molecule has 0 aliphatic rings. The number of anilines is 1. The number of aryl methyl sites for hydroxylation is 1. The van der Waals surface area contributed by atoms with Crippen LogP contribution >= 0.6 is 0 Å². The third-order valence-electron chi connectivity index (χ3n) is 2.64. The number of hydrogen-bond acceptors (Lipinski definition) is 3. The standard InChI is InChI=1S/C14H13N3O3/c1-17-9-15-8-12(17)14(20)16-11-5-2-10(3-6-11)4-7-13(18)19/h2-9H,1H3,(H,16,20)(H,18,19)/b7-4+. The quantitative estimate of drug-likeness (QED) is 0.830. The lowest BCUT2D eigenvalue weighted by Crippen LogP contribution is -2.15. The van der Waals surface area contributed by atoms with Crippen molar-refractivity contribution in [2.75, 3.05) is 5.32 Å². The number of hydrogen-bond donors (Lipinski definition) is 2. The van der Waals surface area contributed by atoms with Crippen molar-refractivity contribution in [3.05, 3.63) is 54.1 Å². The van der Waals surface area contributed by atoms with E-state index in [1.54, 1.807) is 42.2 Å². The summed E-state index contributed by atoms with van der Waals surface area (Å²) in [5.41, 5.74) is 1.83. The molecule has 0 spiro atoms. The highest BCUT2D eigenvalue weighted by molar-refractivity contribution is 6.03. The molecule has 2 aromatic rings. The molecule has 2 rings (SSSR count). The summed E-state index contributed by atoms with van der Waals surface area (Å²) < 4.78 is 1.62. The van der Waals surface area contributed by atoms with Crippen molar-refractivity contribution in [1.29, 1.82) is 0 Å². The van der Waals surface area contributed by atoms with Crippen LogP contribution in [-0.2, 0) is 11.8 Å². The van der Waals surface area contributed by atoms with E-state index in [1.165, 1.54) is 12.3 Å². The molecule has 0 radical (unpaired) electrons. The number of nitrogens with zero attached hydrogens (tertiary/aromatic N) is 2. The van der Waals surface area contributed by atoms with E-state index in [2.05, 4.69) is 10.3 Å². The lowest BCUT2D eigenvalue weighted by molar-refractivity contribution is -0.131. The number of rotatable bonds is 4. The number of aliphatic carboxylic acids is 1. The Kier molecular flexibility index (Phi) is 3.95. The van der Waals surface area contributed by atoms with E-state index in [0.29, 0.717) is 11.4 Å². The molecule has 6 nitrogen and oxygen atoms in total. The van der Waals surface area contributed by atoms with Gasteiger partial charge in [-0.25, -0.2) is 9.78 Å². The summed E-state index contributed by atoms with van der Waals surface area (Å²) in [5.74, 6) is -1.25. The second kappa shape index (κ2) is 5.83. The van der Waals surface area contributed by atoms with Gasteiger partial charge in [0.05, 0.1) is 12.5 Å². The van der Waals surface area contributed by atoms with Crippen LogP contribution in [0.3, 0.4) is 0 Å². The molecule has 0 unspecified atom stereocenters. The molecule has 0 saturated carbocycles. The van der Waals surface area contributed by atoms with Crippen molar-refractivity contribution in [2.45, 2.75) is 0 Å². The highest BCUT2D eigenvalue weighted by Crippen LogP contribution is 2.12. The smallest absolute Gasteiger partial charge is 0.328 e. The zero-order chi connectivity index (χ0) is 14.5. The fraction of sp³-hybridized carbons (Fsp3) is 0.0714. The van der Waals surface area contributed by atoms with Gasteiger partial charge >= 0.3 is 5.97 Å². The number of nitrogens with one attached hydrogen (secondary N) is 1. The van der Waals surface area contributed by atoms with Crippen molar-refractivity contribution in [2.24, 2.45) is 7.05 Å². The molecule has 1 aromatic carbocycles. The number of carbonyl (C=O) groups excluding carboxylic acids is 1. The first kappa shape index (κ1) is 13.5. The maximum atomic E-state index is 11.9. The molecule has 0 fully saturated rings. The summed E-state index contributed by atoms with van der Waals surface area (Å²) in [4.78, 5) is 26.2. The average molecular weight is 271 g/mol. The van der Waals surface area contributed by atoms with E-state index in [-0.39, 0.29) is 5.91 Å². The molecule has 0 atom stereocenters. The van der Waals surface area contributed by atoms with Gasteiger partial charge in [-0.1, -0.05) is 12.1 Å². The molecule has 2 N–H and O–H groups in total. The largest absolute Gasteiger partial charge is 0.478 e. The Labute approximate surface area is 115 Å². The van der Waals surface area contributed by atoms with Crippen LogP contribution in [0.2, 0.25) is 0 Å². The zero-order valence-corrected chi connectivity index (χ0v) is 10.8. The monoisotopic (exact) mass is 271 g/mol. The van der Waals surface area contributed by atoms with Gasteiger partial charge in [0.1, 0.15) is 5.69 Å². The maximum Gasteiger partial charge on any atom is 0.328 e. The van der Waals surface area contributed by atoms with Gasteiger partial charge in [-0.15, -0.1) is 0 Å². The number of aromatic nitrogens is 2. The van der Waals surface area contributed by atoms with Crippen LogP contribution in [-0.4, -0.2) is 26.5 Å². The Morgan fingerprint density at radius 3 is 2.55 bits per heavy atom. The molecule has 0 aliphatic heterocycles. The van der Waals surface area contributed by atoms with Gasteiger partial charge in [-0.2, -0.15) is 0 Å². The summed E-state index contributed by atoms with van der Waals surface area (Å²) in [6, 6.07) is 6.85. The molecule has 0 aliphatic carbocycles. The van der Waals surface area contributed by atoms with Crippen molar-refractivity contribution in [3.63, 3.8) is 0 Å². The number of carboxylic acids is 1. The molecule has 0 saturated heterocycles. The van der Waals surface area contributed by atoms with Crippen LogP contribution in [0.4, 0.5) is 5.69 Å². The fourth-order valence-corrected chi connectivity index (χ4v) is 1.62. The van der Waals surface area contributed by atoms with Crippen molar-refractivity contribution in [1.82, 2.24) is 9.55 Å². The van der Waals surface area contributed by atoms with Gasteiger partial charge < -0.3 is 15.0 Å². The highest BCUT2D eigenvalue weighted by Gasteiger charge is 2.09. The summed E-state index contributed by atoms with van der Waals surface area (Å²) in [7, 11) is 1.74. The molecule has 1 aromatic heterocycles. The lowest BCUT2D eigenvalue weighted by atomic mass is 10.2. The van der Waals surface area contributed by atoms with E-state index in [1.807, 2.05) is 0 Å². The SMILES string of the molecule is Cn1cncc1C(=O)Nc1ccc(/C=C/C(=O)O)cc1. The minimum Gasteiger partial charge on any atom is -0.478 e. The van der Waals surface area contributed by atoms with E-state index in [4.69, 9.17) is 5.11 Å². The molecule has 20 heavy (non-hydrogen) atoms. The minimum absolute atomic E-state index is 0.251. The Hall–Kier alpha value is -2.89. The van der Waals surface area contributed by atoms with Gasteiger partial charge in [0, 0.05) is 18.8 Å². The van der Waals surface area contributed by atoms with Crippen molar-refractivity contribution < 1.29 is 14.7 Å². The number of imidazole rings is 1. The Morgan fingerprint density at radius 1 is 1.30 bits per heavy atom. The normalized spacial score (nSPS) is 10.7. The summed E-state index contributed by atoms with van der Waals surface area (Å²) >= 11 is 0. The fourth-order valence-electron chi connectivity index (χ4n) is 1.62. The molecular weight excluding hydrogens is 258 g/mol. The summed E-state index contributed by atoms with van der Waals surface area (Å²) in [5, 5.41) is 11.3. The molecule has 1 heterocycles. The molecule has 102 valence electrons. The zero-order valence-electron chi connectivity index (χ0n) is 10.8. The van der Waals surface area contributed by atoms with Crippen LogP contribution in [0.1, 0.15) is 16.1 Å². The van der Waals surface area contributed by atoms with Gasteiger partial charge in [0.25, 0.3) is 5.91 Å². The van der Waals surface area contributed by atoms with Crippen LogP contribution in [0, 0.1) is 0 Å². The van der Waals surface area contributed by atoms with Crippen LogP contribution in [0.25, 0.3) is 6.08 Å². The topological polar surface area (TPSA) is 84.2 Å². The number of amides is 1. The Morgan fingerprint density at radius 2 is 2.00 bits per heavy atom. The summed E-state index contributed by atoms with van der Waals surface area (Å²) in [6.07, 6.45) is 5.58. The predicted octanol–water partition coefficient (Wildman–Crippen LogP) is 1.77.